The lowest BCUT2D eigenvalue weighted by Crippen LogP contribution is -2.08. The normalized spacial score (nSPS) is 20.0. The van der Waals surface area contributed by atoms with Crippen molar-refractivity contribution in [1.29, 1.82) is 10.5 Å². The van der Waals surface area contributed by atoms with Crippen molar-refractivity contribution >= 4 is 11.8 Å². The number of methoxy groups -OCH3 is 1. The first kappa shape index (κ1) is 16.4. The van der Waals surface area contributed by atoms with E-state index in [0.29, 0.717) is 16.7 Å². The molecule has 2 aromatic rings. The first-order valence-electron chi connectivity index (χ1n) is 7.69. The van der Waals surface area contributed by atoms with Gasteiger partial charge in [-0.1, -0.05) is 42.5 Å². The summed E-state index contributed by atoms with van der Waals surface area (Å²) in [7, 11) is 1.29. The Morgan fingerprint density at radius 2 is 1.56 bits per heavy atom. The molecule has 0 unspecified atom stereocenters. The number of nitriles is 2. The molecule has 5 heteroatoms. The molecule has 0 aliphatic heterocycles. The molecule has 0 aromatic heterocycles. The molecule has 1 saturated carbocycles. The zero-order valence-corrected chi connectivity index (χ0v) is 13.5. The van der Waals surface area contributed by atoms with Crippen molar-refractivity contribution in [3.8, 4) is 12.1 Å². The molecule has 0 radical (unpaired) electrons. The zero-order valence-electron chi connectivity index (χ0n) is 13.5. The van der Waals surface area contributed by atoms with Gasteiger partial charge in [0.1, 0.15) is 0 Å². The van der Waals surface area contributed by atoms with E-state index >= 15 is 0 Å². The van der Waals surface area contributed by atoms with Crippen molar-refractivity contribution in [3.05, 3.63) is 71.3 Å². The lowest BCUT2D eigenvalue weighted by Gasteiger charge is -2.03. The van der Waals surface area contributed by atoms with E-state index in [0.717, 1.165) is 0 Å². The van der Waals surface area contributed by atoms with Gasteiger partial charge in [-0.25, -0.2) is 4.79 Å². The number of hydrogen-bond donors (Lipinski definition) is 0. The quantitative estimate of drug-likeness (QED) is 0.634. The summed E-state index contributed by atoms with van der Waals surface area (Å²) < 4.78 is 4.65. The van der Waals surface area contributed by atoms with E-state index < -0.39 is 23.2 Å². The third kappa shape index (κ3) is 2.56. The molecular weight excluding hydrogens is 316 g/mol. The molecule has 25 heavy (non-hydrogen) atoms. The number of Topliss-reactive ketones (excluding diaryl/α,β-unsaturated/α-hetero) is 1. The molecule has 1 aliphatic rings. The van der Waals surface area contributed by atoms with Crippen LogP contribution in [0.4, 0.5) is 0 Å². The van der Waals surface area contributed by atoms with Crippen LogP contribution in [0.3, 0.4) is 0 Å². The van der Waals surface area contributed by atoms with Crippen LogP contribution < -0.4 is 0 Å². The van der Waals surface area contributed by atoms with Gasteiger partial charge >= 0.3 is 5.97 Å². The lowest BCUT2D eigenvalue weighted by molar-refractivity contribution is 0.0600. The second-order valence-electron chi connectivity index (χ2n) is 5.89. The summed E-state index contributed by atoms with van der Waals surface area (Å²) >= 11 is 0. The minimum absolute atomic E-state index is 0.217. The third-order valence-electron chi connectivity index (χ3n) is 4.61. The first-order valence-corrected chi connectivity index (χ1v) is 7.69. The Morgan fingerprint density at radius 3 is 2.08 bits per heavy atom. The van der Waals surface area contributed by atoms with Crippen LogP contribution in [0.15, 0.2) is 54.6 Å². The molecule has 1 fully saturated rings. The number of nitrogens with zero attached hydrogens (tertiary/aromatic N) is 2. The van der Waals surface area contributed by atoms with Crippen LogP contribution >= 0.6 is 0 Å². The Bertz CT molecular complexity index is 891. The molecule has 2 aromatic carbocycles. The molecule has 122 valence electrons. The van der Waals surface area contributed by atoms with Crippen LogP contribution in [-0.2, 0) is 4.74 Å². The standard InChI is InChI=1S/C20H14N2O3/c1-25-19(24)15-9-7-13(8-10-15)16-17(20(16,11-21)12-22)18(23)14-5-3-2-4-6-14/h2-10,16-17H,1H3/t16-,17-/m0/s1. The third-order valence-corrected chi connectivity index (χ3v) is 4.61. The van der Waals surface area contributed by atoms with Gasteiger partial charge < -0.3 is 4.74 Å². The van der Waals surface area contributed by atoms with Gasteiger partial charge in [0.2, 0.25) is 0 Å². The van der Waals surface area contributed by atoms with Crippen LogP contribution in [0.1, 0.15) is 32.2 Å². The minimum Gasteiger partial charge on any atom is -0.465 e. The minimum atomic E-state index is -1.38. The fourth-order valence-corrected chi connectivity index (χ4v) is 3.23. The van der Waals surface area contributed by atoms with Crippen LogP contribution in [0.5, 0.6) is 0 Å². The zero-order chi connectivity index (χ0) is 18.0. The van der Waals surface area contributed by atoms with E-state index in [1.54, 1.807) is 54.6 Å². The first-order chi connectivity index (χ1) is 12.1. The molecule has 5 nitrogen and oxygen atoms in total. The smallest absolute Gasteiger partial charge is 0.337 e. The van der Waals surface area contributed by atoms with Gasteiger partial charge in [-0.05, 0) is 17.7 Å². The summed E-state index contributed by atoms with van der Waals surface area (Å²) in [6, 6.07) is 19.2. The maximum absolute atomic E-state index is 12.8. The van der Waals surface area contributed by atoms with Gasteiger partial charge in [-0.3, -0.25) is 4.79 Å². The van der Waals surface area contributed by atoms with E-state index in [2.05, 4.69) is 4.74 Å². The van der Waals surface area contributed by atoms with E-state index in [1.165, 1.54) is 7.11 Å². The fraction of sp³-hybridized carbons (Fsp3) is 0.200. The van der Waals surface area contributed by atoms with Gasteiger partial charge in [0, 0.05) is 11.5 Å². The molecule has 0 amide bonds. The number of benzene rings is 2. The number of ether oxygens (including phenoxy) is 1. The average molecular weight is 330 g/mol. The van der Waals surface area contributed by atoms with Crippen LogP contribution in [0, 0.1) is 34.0 Å². The second kappa shape index (κ2) is 6.22. The van der Waals surface area contributed by atoms with Crippen LogP contribution in [-0.4, -0.2) is 18.9 Å². The van der Waals surface area contributed by atoms with Crippen LogP contribution in [0.2, 0.25) is 0 Å². The Labute approximate surface area is 145 Å². The van der Waals surface area contributed by atoms with E-state index in [-0.39, 0.29) is 5.78 Å². The summed E-state index contributed by atoms with van der Waals surface area (Å²) in [6.07, 6.45) is 0. The number of esters is 1. The number of hydrogen-bond acceptors (Lipinski definition) is 5. The highest BCUT2D eigenvalue weighted by Crippen LogP contribution is 2.65. The van der Waals surface area contributed by atoms with E-state index in [9.17, 15) is 20.1 Å². The Balaban J connectivity index is 1.95. The summed E-state index contributed by atoms with van der Waals surface area (Å²) in [5.74, 6) is -1.91. The Kier molecular flexibility index (Phi) is 4.09. The summed E-state index contributed by atoms with van der Waals surface area (Å²) in [5.41, 5.74) is 0.165. The van der Waals surface area contributed by atoms with Gasteiger partial charge in [0.05, 0.1) is 30.7 Å². The van der Waals surface area contributed by atoms with Crippen molar-refractivity contribution in [3.63, 3.8) is 0 Å². The maximum atomic E-state index is 12.8. The molecule has 0 saturated heterocycles. The average Bonchev–Trinajstić information content (AvgIpc) is 3.36. The monoisotopic (exact) mass is 330 g/mol. The van der Waals surface area contributed by atoms with Gasteiger partial charge in [0.25, 0.3) is 0 Å². The molecule has 0 bridgehead atoms. The van der Waals surface area contributed by atoms with E-state index in [4.69, 9.17) is 0 Å². The van der Waals surface area contributed by atoms with Crippen LogP contribution in [0.25, 0.3) is 0 Å². The van der Waals surface area contributed by atoms with Crippen molar-refractivity contribution < 1.29 is 14.3 Å². The van der Waals surface area contributed by atoms with Crippen molar-refractivity contribution in [2.75, 3.05) is 7.11 Å². The largest absolute Gasteiger partial charge is 0.465 e. The van der Waals surface area contributed by atoms with Crippen molar-refractivity contribution in [1.82, 2.24) is 0 Å². The molecule has 0 N–H and O–H groups in total. The highest BCUT2D eigenvalue weighted by atomic mass is 16.5. The molecule has 0 heterocycles. The van der Waals surface area contributed by atoms with Gasteiger partial charge in [0.15, 0.2) is 11.2 Å². The summed E-state index contributed by atoms with van der Waals surface area (Å²) in [5, 5.41) is 19.1. The predicted molar refractivity (Wildman–Crippen MR) is 88.4 cm³/mol. The number of ketones is 1. The maximum Gasteiger partial charge on any atom is 0.337 e. The second-order valence-corrected chi connectivity index (χ2v) is 5.89. The fourth-order valence-electron chi connectivity index (χ4n) is 3.23. The van der Waals surface area contributed by atoms with Crippen molar-refractivity contribution in [2.45, 2.75) is 5.92 Å². The predicted octanol–water partition coefficient (Wildman–Crippen LogP) is 3.10. The van der Waals surface area contributed by atoms with Crippen molar-refractivity contribution in [2.24, 2.45) is 11.3 Å². The SMILES string of the molecule is COC(=O)c1ccc([C@H]2[C@@H](C(=O)c3ccccc3)C2(C#N)C#N)cc1. The summed E-state index contributed by atoms with van der Waals surface area (Å²) in [4.78, 5) is 24.3. The molecule has 2 atom stereocenters. The number of rotatable bonds is 4. The Hall–Kier alpha value is -3.44. The number of carbonyl (C=O) groups is 2. The van der Waals surface area contributed by atoms with Gasteiger partial charge in [-0.2, -0.15) is 10.5 Å². The van der Waals surface area contributed by atoms with E-state index in [1.807, 2.05) is 12.1 Å². The Morgan fingerprint density at radius 1 is 0.960 bits per heavy atom. The highest BCUT2D eigenvalue weighted by molar-refractivity contribution is 6.02. The highest BCUT2D eigenvalue weighted by Gasteiger charge is 2.70. The molecular formula is C20H14N2O3. The lowest BCUT2D eigenvalue weighted by atomic mass is 10.0. The van der Waals surface area contributed by atoms with Gasteiger partial charge in [-0.15, -0.1) is 0 Å². The molecule has 1 aliphatic carbocycles. The molecule has 3 rings (SSSR count). The summed E-state index contributed by atoms with van der Waals surface area (Å²) in [6.45, 7) is 0. The molecule has 0 spiro atoms. The topological polar surface area (TPSA) is 90.9 Å². The number of carbonyl (C=O) groups excluding carboxylic acids is 2.